The average Bonchev–Trinajstić information content (AvgIpc) is 3.32. The SMILES string of the molecule is Cc1nc([C@@H]2CN(S(=O)(=O)c3ccc4c(c3)CCC4)C[C@H]2C(N)=O)n[nH]1. The van der Waals surface area contributed by atoms with E-state index in [1.807, 2.05) is 6.07 Å². The maximum atomic E-state index is 13.1. The monoisotopic (exact) mass is 375 g/mol. The summed E-state index contributed by atoms with van der Waals surface area (Å²) in [4.78, 5) is 16.4. The lowest BCUT2D eigenvalue weighted by atomic mass is 9.95. The molecule has 9 heteroatoms. The summed E-state index contributed by atoms with van der Waals surface area (Å²) in [6.45, 7) is 1.95. The molecule has 0 unspecified atom stereocenters. The van der Waals surface area contributed by atoms with Crippen molar-refractivity contribution in [2.75, 3.05) is 13.1 Å². The van der Waals surface area contributed by atoms with Gasteiger partial charge in [0, 0.05) is 19.0 Å². The molecule has 1 saturated heterocycles. The van der Waals surface area contributed by atoms with E-state index < -0.39 is 27.8 Å². The number of H-pyrrole nitrogens is 1. The summed E-state index contributed by atoms with van der Waals surface area (Å²) >= 11 is 0. The predicted octanol–water partition coefficient (Wildman–Crippen LogP) is 0.491. The maximum Gasteiger partial charge on any atom is 0.243 e. The highest BCUT2D eigenvalue weighted by Crippen LogP contribution is 2.35. The van der Waals surface area contributed by atoms with Gasteiger partial charge in [0.2, 0.25) is 15.9 Å². The Bertz CT molecular complexity index is 969. The second kappa shape index (κ2) is 6.17. The molecule has 0 saturated carbocycles. The number of sulfonamides is 1. The molecule has 1 aliphatic heterocycles. The van der Waals surface area contributed by atoms with Gasteiger partial charge in [0.05, 0.1) is 10.8 Å². The molecule has 2 heterocycles. The summed E-state index contributed by atoms with van der Waals surface area (Å²) in [6.07, 6.45) is 2.95. The first-order valence-corrected chi connectivity index (χ1v) is 10.1. The number of nitrogens with zero attached hydrogens (tertiary/aromatic N) is 3. The van der Waals surface area contributed by atoms with Crippen LogP contribution >= 0.6 is 0 Å². The van der Waals surface area contributed by atoms with Gasteiger partial charge in [-0.15, -0.1) is 0 Å². The number of aromatic amines is 1. The molecule has 0 radical (unpaired) electrons. The number of amides is 1. The van der Waals surface area contributed by atoms with E-state index in [1.54, 1.807) is 19.1 Å². The minimum atomic E-state index is -3.70. The van der Waals surface area contributed by atoms with E-state index in [2.05, 4.69) is 15.2 Å². The van der Waals surface area contributed by atoms with E-state index in [0.29, 0.717) is 11.6 Å². The summed E-state index contributed by atoms with van der Waals surface area (Å²) in [6, 6.07) is 5.32. The zero-order valence-corrected chi connectivity index (χ0v) is 15.3. The quantitative estimate of drug-likeness (QED) is 0.805. The number of hydrogen-bond donors (Lipinski definition) is 2. The van der Waals surface area contributed by atoms with Crippen molar-refractivity contribution in [3.63, 3.8) is 0 Å². The Kier molecular flexibility index (Phi) is 4.07. The lowest BCUT2D eigenvalue weighted by Gasteiger charge is -2.17. The van der Waals surface area contributed by atoms with E-state index in [-0.39, 0.29) is 18.0 Å². The first-order chi connectivity index (χ1) is 12.4. The van der Waals surface area contributed by atoms with Gasteiger partial charge >= 0.3 is 0 Å². The van der Waals surface area contributed by atoms with Crippen LogP contribution in [0.2, 0.25) is 0 Å². The van der Waals surface area contributed by atoms with Crippen LogP contribution in [-0.4, -0.2) is 46.9 Å². The molecule has 138 valence electrons. The number of hydrogen-bond acceptors (Lipinski definition) is 5. The zero-order chi connectivity index (χ0) is 18.5. The van der Waals surface area contributed by atoms with Crippen LogP contribution in [-0.2, 0) is 27.7 Å². The van der Waals surface area contributed by atoms with E-state index in [4.69, 9.17) is 5.73 Å². The zero-order valence-electron chi connectivity index (χ0n) is 14.5. The summed E-state index contributed by atoms with van der Waals surface area (Å²) in [5, 5.41) is 6.84. The van der Waals surface area contributed by atoms with Crippen molar-refractivity contribution < 1.29 is 13.2 Å². The number of benzene rings is 1. The number of primary amides is 1. The molecule has 0 bridgehead atoms. The predicted molar refractivity (Wildman–Crippen MR) is 93.8 cm³/mol. The topological polar surface area (TPSA) is 122 Å². The van der Waals surface area contributed by atoms with Gasteiger partial charge in [-0.2, -0.15) is 9.40 Å². The summed E-state index contributed by atoms with van der Waals surface area (Å²) in [7, 11) is -3.70. The maximum absolute atomic E-state index is 13.1. The highest BCUT2D eigenvalue weighted by Gasteiger charge is 2.44. The molecule has 0 spiro atoms. The molecular formula is C17H21N5O3S. The molecule has 26 heavy (non-hydrogen) atoms. The van der Waals surface area contributed by atoms with Crippen molar-refractivity contribution in [2.45, 2.75) is 37.0 Å². The van der Waals surface area contributed by atoms with Gasteiger partial charge in [0.15, 0.2) is 5.82 Å². The lowest BCUT2D eigenvalue weighted by Crippen LogP contribution is -2.32. The third-order valence-corrected chi connectivity index (χ3v) is 7.13. The Morgan fingerprint density at radius 1 is 1.27 bits per heavy atom. The van der Waals surface area contributed by atoms with Gasteiger partial charge in [-0.1, -0.05) is 6.07 Å². The molecular weight excluding hydrogens is 354 g/mol. The van der Waals surface area contributed by atoms with Crippen molar-refractivity contribution in [2.24, 2.45) is 11.7 Å². The average molecular weight is 375 g/mol. The number of nitrogens with two attached hydrogens (primary N) is 1. The van der Waals surface area contributed by atoms with Gasteiger partial charge < -0.3 is 5.73 Å². The second-order valence-electron chi connectivity index (χ2n) is 7.00. The normalized spacial score (nSPS) is 23.3. The molecule has 2 atom stereocenters. The van der Waals surface area contributed by atoms with Gasteiger partial charge in [0.25, 0.3) is 0 Å². The molecule has 1 aromatic carbocycles. The van der Waals surface area contributed by atoms with E-state index in [9.17, 15) is 13.2 Å². The van der Waals surface area contributed by atoms with Gasteiger partial charge in [-0.05, 0) is 49.4 Å². The van der Waals surface area contributed by atoms with E-state index >= 15 is 0 Å². The van der Waals surface area contributed by atoms with Crippen LogP contribution in [0.5, 0.6) is 0 Å². The highest BCUT2D eigenvalue weighted by molar-refractivity contribution is 7.89. The molecule has 1 fully saturated rings. The van der Waals surface area contributed by atoms with Crippen LogP contribution in [0.25, 0.3) is 0 Å². The van der Waals surface area contributed by atoms with Gasteiger partial charge in [-0.25, -0.2) is 13.4 Å². The van der Waals surface area contributed by atoms with Crippen molar-refractivity contribution in [3.05, 3.63) is 41.0 Å². The number of carbonyl (C=O) groups is 1. The fraction of sp³-hybridized carbons (Fsp3) is 0.471. The minimum Gasteiger partial charge on any atom is -0.369 e. The van der Waals surface area contributed by atoms with E-state index in [0.717, 1.165) is 24.8 Å². The molecule has 8 nitrogen and oxygen atoms in total. The molecule has 4 rings (SSSR count). The van der Waals surface area contributed by atoms with Crippen LogP contribution in [0.4, 0.5) is 0 Å². The number of rotatable bonds is 4. The van der Waals surface area contributed by atoms with Crippen LogP contribution in [0, 0.1) is 12.8 Å². The number of fused-ring (bicyclic) bond motifs is 1. The number of aryl methyl sites for hydroxylation is 3. The second-order valence-corrected chi connectivity index (χ2v) is 8.94. The van der Waals surface area contributed by atoms with Crippen molar-refractivity contribution in [3.8, 4) is 0 Å². The first kappa shape index (κ1) is 17.2. The van der Waals surface area contributed by atoms with Crippen molar-refractivity contribution in [1.29, 1.82) is 0 Å². The summed E-state index contributed by atoms with van der Waals surface area (Å²) in [5.74, 6) is -0.582. The third kappa shape index (κ3) is 2.80. The smallest absolute Gasteiger partial charge is 0.243 e. The molecule has 2 aromatic rings. The lowest BCUT2D eigenvalue weighted by molar-refractivity contribution is -0.121. The first-order valence-electron chi connectivity index (χ1n) is 8.66. The Morgan fingerprint density at radius 2 is 2.04 bits per heavy atom. The van der Waals surface area contributed by atoms with Crippen LogP contribution in [0.1, 0.15) is 35.1 Å². The summed E-state index contributed by atoms with van der Waals surface area (Å²) in [5.41, 5.74) is 7.84. The highest BCUT2D eigenvalue weighted by atomic mass is 32.2. The molecule has 2 aliphatic rings. The Hall–Kier alpha value is -2.26. The van der Waals surface area contributed by atoms with Gasteiger partial charge in [0.1, 0.15) is 5.82 Å². The van der Waals surface area contributed by atoms with Crippen LogP contribution in [0.3, 0.4) is 0 Å². The Labute approximate surface area is 151 Å². The Morgan fingerprint density at radius 3 is 2.73 bits per heavy atom. The van der Waals surface area contributed by atoms with E-state index in [1.165, 1.54) is 9.87 Å². The third-order valence-electron chi connectivity index (χ3n) is 5.31. The minimum absolute atomic E-state index is 0.0486. The molecule has 1 aliphatic carbocycles. The van der Waals surface area contributed by atoms with Crippen molar-refractivity contribution in [1.82, 2.24) is 19.5 Å². The molecule has 1 aromatic heterocycles. The largest absolute Gasteiger partial charge is 0.369 e. The van der Waals surface area contributed by atoms with Crippen LogP contribution < -0.4 is 5.73 Å². The number of nitrogens with one attached hydrogen (secondary N) is 1. The fourth-order valence-electron chi connectivity index (χ4n) is 3.90. The standard InChI is InChI=1S/C17H21N5O3S/c1-10-19-17(21-20-10)15-9-22(8-14(15)16(18)23)26(24,25)13-6-5-11-3-2-4-12(11)7-13/h5-7,14-15H,2-4,8-9H2,1H3,(H2,18,23)(H,19,20,21)/t14-,15-/m1/s1. The number of aromatic nitrogens is 3. The van der Waals surface area contributed by atoms with Crippen LogP contribution in [0.15, 0.2) is 23.1 Å². The van der Waals surface area contributed by atoms with Gasteiger partial charge in [-0.3, -0.25) is 9.89 Å². The molecule has 1 amide bonds. The Balaban J connectivity index is 1.66. The molecule has 3 N–H and O–H groups in total. The number of carbonyl (C=O) groups excluding carboxylic acids is 1. The summed E-state index contributed by atoms with van der Waals surface area (Å²) < 4.78 is 27.5. The van der Waals surface area contributed by atoms with Crippen molar-refractivity contribution >= 4 is 15.9 Å². The fourth-order valence-corrected chi connectivity index (χ4v) is 5.44.